The van der Waals surface area contributed by atoms with Gasteiger partial charge in [0.05, 0.1) is 6.04 Å². The van der Waals surface area contributed by atoms with Crippen LogP contribution in [0.25, 0.3) is 11.3 Å². The summed E-state index contributed by atoms with van der Waals surface area (Å²) in [5.41, 5.74) is 9.86. The number of nitrogens with zero attached hydrogens (tertiary/aromatic N) is 3. The summed E-state index contributed by atoms with van der Waals surface area (Å²) in [7, 11) is 2.03. The van der Waals surface area contributed by atoms with E-state index in [0.29, 0.717) is 29.4 Å². The minimum absolute atomic E-state index is 0.0438. The molecule has 3 aromatic carbocycles. The summed E-state index contributed by atoms with van der Waals surface area (Å²) >= 11 is 0. The van der Waals surface area contributed by atoms with E-state index in [1.54, 1.807) is 0 Å². The Kier molecular flexibility index (Phi) is 6.45. The summed E-state index contributed by atoms with van der Waals surface area (Å²) in [6.45, 7) is 2.71. The fraction of sp³-hybridized carbons (Fsp3) is 0.172. The number of allylic oxidation sites excluding steroid dienone is 1. The number of carbonyl (C=O) groups excluding carboxylic acids is 1. The molecule has 7 heteroatoms. The van der Waals surface area contributed by atoms with E-state index < -0.39 is 5.91 Å². The molecule has 0 radical (unpaired) electrons. The topological polar surface area (TPSA) is 85.4 Å². The molecule has 1 atom stereocenters. The van der Waals surface area contributed by atoms with Crippen molar-refractivity contribution >= 4 is 17.4 Å². The predicted octanol–water partition coefficient (Wildman–Crippen LogP) is 5.82. The van der Waals surface area contributed by atoms with E-state index in [1.807, 2.05) is 97.7 Å². The van der Waals surface area contributed by atoms with Gasteiger partial charge in [-0.3, -0.25) is 4.79 Å². The summed E-state index contributed by atoms with van der Waals surface area (Å²) in [5, 5.41) is 8.30. The quantitative estimate of drug-likeness (QED) is 0.349. The largest absolute Gasteiger partial charge is 0.457 e. The first-order valence-corrected chi connectivity index (χ1v) is 12.0. The van der Waals surface area contributed by atoms with Gasteiger partial charge in [-0.25, -0.2) is 4.68 Å². The number of primary amides is 1. The Morgan fingerprint density at radius 2 is 1.75 bits per heavy atom. The van der Waals surface area contributed by atoms with Gasteiger partial charge in [0.25, 0.3) is 5.91 Å². The number of hydrogen-bond acceptors (Lipinski definition) is 5. The number of anilines is 2. The summed E-state index contributed by atoms with van der Waals surface area (Å²) in [4.78, 5) is 14.7. The van der Waals surface area contributed by atoms with Crippen molar-refractivity contribution in [3.8, 4) is 22.8 Å². The summed E-state index contributed by atoms with van der Waals surface area (Å²) in [5.74, 6) is 1.60. The lowest BCUT2D eigenvalue weighted by molar-refractivity contribution is 0.100. The SMILES string of the molecule is CC=CN(C)c1ccccc1C1CCNc2c(C(N)=O)c(-c3ccc(Oc4ccccc4)cc3)nn21. The standard InChI is InChI=1S/C29H29N5O2/c1-3-19-33(2)24-12-8-7-11-23(24)25-17-18-31-29-26(28(30)35)27(32-34(25)29)20-13-15-22(16-14-20)36-21-9-5-4-6-10-21/h3-16,19,25,31H,17-18H2,1-2H3,(H2,30,35). The van der Waals surface area contributed by atoms with Gasteiger partial charge in [0.2, 0.25) is 0 Å². The van der Waals surface area contributed by atoms with Gasteiger partial charge in [-0.1, -0.05) is 42.5 Å². The molecule has 182 valence electrons. The Morgan fingerprint density at radius 1 is 1.06 bits per heavy atom. The lowest BCUT2D eigenvalue weighted by Crippen LogP contribution is -2.27. The fourth-order valence-corrected chi connectivity index (χ4v) is 4.70. The van der Waals surface area contributed by atoms with Crippen molar-refractivity contribution in [2.45, 2.75) is 19.4 Å². The maximum atomic E-state index is 12.6. The highest BCUT2D eigenvalue weighted by Crippen LogP contribution is 2.39. The minimum atomic E-state index is -0.511. The number of benzene rings is 3. The van der Waals surface area contributed by atoms with Crippen LogP contribution in [0.1, 0.15) is 35.3 Å². The molecule has 1 aliphatic rings. The number of ether oxygens (including phenoxy) is 1. The zero-order valence-corrected chi connectivity index (χ0v) is 20.4. The van der Waals surface area contributed by atoms with Gasteiger partial charge in [-0.15, -0.1) is 0 Å². The normalized spacial score (nSPS) is 14.8. The molecule has 0 spiro atoms. The van der Waals surface area contributed by atoms with Crippen LogP contribution in [0.2, 0.25) is 0 Å². The van der Waals surface area contributed by atoms with E-state index in [2.05, 4.69) is 22.3 Å². The van der Waals surface area contributed by atoms with E-state index >= 15 is 0 Å². The van der Waals surface area contributed by atoms with Crippen LogP contribution in [0.4, 0.5) is 11.5 Å². The molecule has 7 nitrogen and oxygen atoms in total. The van der Waals surface area contributed by atoms with Crippen LogP contribution < -0.4 is 20.7 Å². The maximum absolute atomic E-state index is 12.6. The molecule has 1 aliphatic heterocycles. The van der Waals surface area contributed by atoms with Crippen molar-refractivity contribution in [3.05, 3.63) is 102 Å². The number of fused-ring (bicyclic) bond motifs is 1. The number of rotatable bonds is 7. The van der Waals surface area contributed by atoms with Gasteiger partial charge < -0.3 is 20.7 Å². The van der Waals surface area contributed by atoms with Crippen LogP contribution in [0, 0.1) is 0 Å². The third-order valence-electron chi connectivity index (χ3n) is 6.32. The second kappa shape index (κ2) is 10.00. The molecule has 0 saturated carbocycles. The van der Waals surface area contributed by atoms with Gasteiger partial charge in [-0.05, 0) is 62.0 Å². The number of carbonyl (C=O) groups is 1. The number of aromatic nitrogens is 2. The van der Waals surface area contributed by atoms with E-state index in [0.717, 1.165) is 29.0 Å². The average Bonchev–Trinajstić information content (AvgIpc) is 3.30. The first-order valence-electron chi connectivity index (χ1n) is 12.0. The molecule has 3 N–H and O–H groups in total. The van der Waals surface area contributed by atoms with Crippen molar-refractivity contribution in [1.29, 1.82) is 0 Å². The Bertz CT molecular complexity index is 1390. The molecular formula is C29H29N5O2. The fourth-order valence-electron chi connectivity index (χ4n) is 4.70. The molecule has 4 aromatic rings. The lowest BCUT2D eigenvalue weighted by Gasteiger charge is -2.29. The van der Waals surface area contributed by atoms with E-state index in [1.165, 1.54) is 0 Å². The third kappa shape index (κ3) is 4.43. The van der Waals surface area contributed by atoms with Crippen LogP contribution in [0.5, 0.6) is 11.5 Å². The van der Waals surface area contributed by atoms with E-state index in [4.69, 9.17) is 15.6 Å². The number of nitrogens with two attached hydrogens (primary N) is 1. The molecule has 0 aliphatic carbocycles. The Labute approximate surface area is 210 Å². The molecule has 1 aromatic heterocycles. The Hall–Kier alpha value is -4.52. The summed E-state index contributed by atoms with van der Waals surface area (Å²) in [6.07, 6.45) is 4.87. The van der Waals surface area contributed by atoms with Gasteiger partial charge in [0.15, 0.2) is 0 Å². The zero-order valence-electron chi connectivity index (χ0n) is 20.4. The number of hydrogen-bond donors (Lipinski definition) is 2. The summed E-state index contributed by atoms with van der Waals surface area (Å²) in [6, 6.07) is 25.4. The second-order valence-corrected chi connectivity index (χ2v) is 8.70. The monoisotopic (exact) mass is 479 g/mol. The van der Waals surface area contributed by atoms with Crippen molar-refractivity contribution in [2.75, 3.05) is 23.8 Å². The highest BCUT2D eigenvalue weighted by atomic mass is 16.5. The van der Waals surface area contributed by atoms with Crippen LogP contribution in [0.15, 0.2) is 91.1 Å². The van der Waals surface area contributed by atoms with E-state index in [9.17, 15) is 4.79 Å². The van der Waals surface area contributed by atoms with Crippen LogP contribution in [-0.4, -0.2) is 29.3 Å². The molecular weight excluding hydrogens is 450 g/mol. The van der Waals surface area contributed by atoms with E-state index in [-0.39, 0.29) is 6.04 Å². The Balaban J connectivity index is 1.54. The smallest absolute Gasteiger partial charge is 0.254 e. The van der Waals surface area contributed by atoms with Gasteiger partial charge in [-0.2, -0.15) is 5.10 Å². The summed E-state index contributed by atoms with van der Waals surface area (Å²) < 4.78 is 7.83. The Morgan fingerprint density at radius 3 is 2.47 bits per heavy atom. The van der Waals surface area contributed by atoms with Crippen LogP contribution in [0.3, 0.4) is 0 Å². The molecule has 1 amide bonds. The van der Waals surface area contributed by atoms with Crippen molar-refractivity contribution in [3.63, 3.8) is 0 Å². The highest BCUT2D eigenvalue weighted by molar-refractivity contribution is 6.04. The number of amides is 1. The van der Waals surface area contributed by atoms with Crippen molar-refractivity contribution in [1.82, 2.24) is 9.78 Å². The molecule has 0 fully saturated rings. The molecule has 36 heavy (non-hydrogen) atoms. The van der Waals surface area contributed by atoms with Gasteiger partial charge in [0.1, 0.15) is 28.6 Å². The molecule has 1 unspecified atom stereocenters. The lowest BCUT2D eigenvalue weighted by atomic mass is 9.99. The van der Waals surface area contributed by atoms with Gasteiger partial charge in [0, 0.05) is 30.4 Å². The second-order valence-electron chi connectivity index (χ2n) is 8.70. The first kappa shape index (κ1) is 23.2. The molecule has 5 rings (SSSR count). The third-order valence-corrected chi connectivity index (χ3v) is 6.32. The number of para-hydroxylation sites is 2. The van der Waals surface area contributed by atoms with Gasteiger partial charge >= 0.3 is 0 Å². The first-order chi connectivity index (χ1) is 17.6. The highest BCUT2D eigenvalue weighted by Gasteiger charge is 2.31. The minimum Gasteiger partial charge on any atom is -0.457 e. The molecule has 0 saturated heterocycles. The number of nitrogens with one attached hydrogen (secondary N) is 1. The van der Waals surface area contributed by atoms with Crippen LogP contribution >= 0.6 is 0 Å². The maximum Gasteiger partial charge on any atom is 0.254 e. The zero-order chi connectivity index (χ0) is 25.1. The van der Waals surface area contributed by atoms with Crippen LogP contribution in [-0.2, 0) is 0 Å². The molecule has 0 bridgehead atoms. The van der Waals surface area contributed by atoms with Crippen molar-refractivity contribution in [2.24, 2.45) is 5.73 Å². The average molecular weight is 480 g/mol. The van der Waals surface area contributed by atoms with Crippen molar-refractivity contribution < 1.29 is 9.53 Å². The molecule has 2 heterocycles. The predicted molar refractivity (Wildman–Crippen MR) is 144 cm³/mol.